The highest BCUT2D eigenvalue weighted by Gasteiger charge is 2.06. The van der Waals surface area contributed by atoms with E-state index in [1.54, 1.807) is 24.3 Å². The van der Waals surface area contributed by atoms with Gasteiger partial charge in [0.15, 0.2) is 11.2 Å². The van der Waals surface area contributed by atoms with Crippen LogP contribution in [0.5, 0.6) is 5.75 Å². The maximum absolute atomic E-state index is 11.8. The summed E-state index contributed by atoms with van der Waals surface area (Å²) in [5.74, 6) is -0.517. The predicted molar refractivity (Wildman–Crippen MR) is 57.2 cm³/mol. The van der Waals surface area contributed by atoms with Gasteiger partial charge in [-0.3, -0.25) is 9.59 Å². The molecule has 1 heterocycles. The molecule has 1 aromatic heterocycles. The fourth-order valence-corrected chi connectivity index (χ4v) is 1.45. The molecular weight excluding hydrogens is 194 g/mol. The molecule has 2 N–H and O–H groups in total. The topological polar surface area (TPSA) is 70.2 Å². The Morgan fingerprint density at radius 2 is 1.87 bits per heavy atom. The summed E-state index contributed by atoms with van der Waals surface area (Å²) in [4.78, 5) is 25.6. The zero-order valence-corrected chi connectivity index (χ0v) is 8.07. The van der Waals surface area contributed by atoms with Crippen LogP contribution in [0, 0.1) is 6.92 Å². The minimum Gasteiger partial charge on any atom is -0.503 e. The van der Waals surface area contributed by atoms with E-state index in [2.05, 4.69) is 4.98 Å². The van der Waals surface area contributed by atoms with Crippen molar-refractivity contribution in [2.45, 2.75) is 6.92 Å². The van der Waals surface area contributed by atoms with Crippen LogP contribution in [0.4, 0.5) is 0 Å². The number of aromatic nitrogens is 1. The van der Waals surface area contributed by atoms with Gasteiger partial charge in [-0.05, 0) is 19.1 Å². The molecular formula is C11H9NO3. The van der Waals surface area contributed by atoms with E-state index in [-0.39, 0.29) is 11.0 Å². The Kier molecular flexibility index (Phi) is 2.04. The number of H-pyrrole nitrogens is 1. The van der Waals surface area contributed by atoms with E-state index < -0.39 is 11.3 Å². The number of aromatic amines is 1. The molecule has 76 valence electrons. The summed E-state index contributed by atoms with van der Waals surface area (Å²) in [5.41, 5.74) is -0.486. The Morgan fingerprint density at radius 3 is 2.60 bits per heavy atom. The SMILES string of the molecule is Cc1c(O)c(=O)[nH]c2ccccc2c1=O. The molecule has 0 aliphatic rings. The number of hydrogen-bond acceptors (Lipinski definition) is 3. The van der Waals surface area contributed by atoms with Crippen molar-refractivity contribution in [1.82, 2.24) is 4.98 Å². The third-order valence-electron chi connectivity index (χ3n) is 2.33. The zero-order valence-electron chi connectivity index (χ0n) is 8.07. The molecule has 2 aromatic rings. The lowest BCUT2D eigenvalue weighted by Gasteiger charge is -1.88. The van der Waals surface area contributed by atoms with Gasteiger partial charge in [-0.1, -0.05) is 12.1 Å². The fraction of sp³-hybridized carbons (Fsp3) is 0.0909. The van der Waals surface area contributed by atoms with Crippen LogP contribution in [0.2, 0.25) is 0 Å². The Balaban J connectivity index is 3.20. The molecule has 1 aromatic carbocycles. The van der Waals surface area contributed by atoms with Gasteiger partial charge in [0.25, 0.3) is 5.56 Å². The van der Waals surface area contributed by atoms with E-state index in [9.17, 15) is 14.7 Å². The van der Waals surface area contributed by atoms with E-state index in [0.717, 1.165) is 0 Å². The van der Waals surface area contributed by atoms with Crippen LogP contribution in [0.25, 0.3) is 10.9 Å². The number of aromatic hydroxyl groups is 1. The van der Waals surface area contributed by atoms with Crippen LogP contribution in [-0.4, -0.2) is 10.1 Å². The zero-order chi connectivity index (χ0) is 11.0. The minimum atomic E-state index is -0.647. The largest absolute Gasteiger partial charge is 0.503 e. The first-order chi connectivity index (χ1) is 7.11. The van der Waals surface area contributed by atoms with Crippen LogP contribution in [0.3, 0.4) is 0 Å². The average molecular weight is 203 g/mol. The number of fused-ring (bicyclic) bond motifs is 1. The summed E-state index contributed by atoms with van der Waals surface area (Å²) in [6.45, 7) is 1.43. The van der Waals surface area contributed by atoms with Gasteiger partial charge in [-0.2, -0.15) is 0 Å². The molecule has 0 bridgehead atoms. The third kappa shape index (κ3) is 1.40. The maximum atomic E-state index is 11.8. The standard InChI is InChI=1S/C11H9NO3/c1-6-9(13)7-4-2-3-5-8(7)12-11(15)10(6)14/h2-5,14H,1H3,(H,12,15). The second kappa shape index (κ2) is 3.24. The van der Waals surface area contributed by atoms with Crippen molar-refractivity contribution in [3.05, 3.63) is 50.4 Å². The Hall–Kier alpha value is -2.10. The van der Waals surface area contributed by atoms with Crippen molar-refractivity contribution in [2.24, 2.45) is 0 Å². The molecule has 0 atom stereocenters. The predicted octanol–water partition coefficient (Wildman–Crippen LogP) is 0.902. The van der Waals surface area contributed by atoms with E-state index in [4.69, 9.17) is 0 Å². The van der Waals surface area contributed by atoms with Gasteiger partial charge in [0, 0.05) is 10.9 Å². The van der Waals surface area contributed by atoms with Crippen LogP contribution in [0.1, 0.15) is 5.56 Å². The molecule has 0 saturated heterocycles. The van der Waals surface area contributed by atoms with Crippen molar-refractivity contribution < 1.29 is 5.11 Å². The number of rotatable bonds is 0. The van der Waals surface area contributed by atoms with Crippen molar-refractivity contribution in [3.8, 4) is 5.75 Å². The normalized spacial score (nSPS) is 10.5. The van der Waals surface area contributed by atoms with Crippen LogP contribution < -0.4 is 11.0 Å². The van der Waals surface area contributed by atoms with Gasteiger partial charge in [-0.15, -0.1) is 0 Å². The molecule has 0 spiro atoms. The summed E-state index contributed by atoms with van der Waals surface area (Å²) in [5, 5.41) is 9.81. The van der Waals surface area contributed by atoms with Gasteiger partial charge >= 0.3 is 0 Å². The highest BCUT2D eigenvalue weighted by atomic mass is 16.3. The summed E-state index contributed by atoms with van der Waals surface area (Å²) >= 11 is 0. The maximum Gasteiger partial charge on any atom is 0.290 e. The molecule has 0 aliphatic heterocycles. The number of benzene rings is 1. The van der Waals surface area contributed by atoms with E-state index in [0.29, 0.717) is 10.9 Å². The smallest absolute Gasteiger partial charge is 0.290 e. The summed E-state index contributed by atoms with van der Waals surface area (Å²) in [6, 6.07) is 6.65. The second-order valence-electron chi connectivity index (χ2n) is 3.30. The summed E-state index contributed by atoms with van der Waals surface area (Å²) < 4.78 is 0. The van der Waals surface area contributed by atoms with Gasteiger partial charge in [-0.25, -0.2) is 0 Å². The lowest BCUT2D eigenvalue weighted by atomic mass is 10.2. The van der Waals surface area contributed by atoms with Crippen molar-refractivity contribution in [2.75, 3.05) is 0 Å². The summed E-state index contributed by atoms with van der Waals surface area (Å²) in [7, 11) is 0. The summed E-state index contributed by atoms with van der Waals surface area (Å²) in [6.07, 6.45) is 0. The van der Waals surface area contributed by atoms with Crippen LogP contribution in [-0.2, 0) is 0 Å². The first-order valence-corrected chi connectivity index (χ1v) is 4.46. The number of nitrogens with one attached hydrogen (secondary N) is 1. The average Bonchev–Trinajstić information content (AvgIpc) is 2.32. The number of para-hydroxylation sites is 1. The monoisotopic (exact) mass is 203 g/mol. The molecule has 0 fully saturated rings. The van der Waals surface area contributed by atoms with Gasteiger partial charge in [0.2, 0.25) is 0 Å². The van der Waals surface area contributed by atoms with Gasteiger partial charge in [0.05, 0.1) is 5.52 Å². The van der Waals surface area contributed by atoms with Crippen molar-refractivity contribution >= 4 is 10.9 Å². The molecule has 0 saturated carbocycles. The van der Waals surface area contributed by atoms with Gasteiger partial charge < -0.3 is 10.1 Å². The molecule has 4 heteroatoms. The minimum absolute atomic E-state index is 0.0671. The Bertz CT molecular complexity index is 643. The highest BCUT2D eigenvalue weighted by Crippen LogP contribution is 2.08. The first kappa shape index (κ1) is 9.45. The lowest BCUT2D eigenvalue weighted by molar-refractivity contribution is 0.463. The van der Waals surface area contributed by atoms with E-state index in [1.165, 1.54) is 6.92 Å². The Labute approximate surface area is 84.8 Å². The molecule has 0 amide bonds. The molecule has 4 nitrogen and oxygen atoms in total. The molecule has 0 aliphatic carbocycles. The second-order valence-corrected chi connectivity index (χ2v) is 3.30. The molecule has 15 heavy (non-hydrogen) atoms. The molecule has 0 radical (unpaired) electrons. The Morgan fingerprint density at radius 1 is 1.20 bits per heavy atom. The fourth-order valence-electron chi connectivity index (χ4n) is 1.45. The van der Waals surface area contributed by atoms with E-state index in [1.807, 2.05) is 0 Å². The molecule has 0 unspecified atom stereocenters. The third-order valence-corrected chi connectivity index (χ3v) is 2.33. The van der Waals surface area contributed by atoms with Gasteiger partial charge in [0.1, 0.15) is 0 Å². The molecule has 2 rings (SSSR count). The highest BCUT2D eigenvalue weighted by molar-refractivity contribution is 5.78. The quantitative estimate of drug-likeness (QED) is 0.668. The van der Waals surface area contributed by atoms with Crippen LogP contribution in [0.15, 0.2) is 33.9 Å². The first-order valence-electron chi connectivity index (χ1n) is 4.46. The van der Waals surface area contributed by atoms with Crippen molar-refractivity contribution in [3.63, 3.8) is 0 Å². The lowest BCUT2D eigenvalue weighted by Crippen LogP contribution is -2.04. The number of hydrogen-bond donors (Lipinski definition) is 2. The van der Waals surface area contributed by atoms with Crippen molar-refractivity contribution in [1.29, 1.82) is 0 Å². The van der Waals surface area contributed by atoms with E-state index >= 15 is 0 Å². The van der Waals surface area contributed by atoms with Crippen LogP contribution >= 0.6 is 0 Å².